The molecule has 1 aliphatic heterocycles. The summed E-state index contributed by atoms with van der Waals surface area (Å²) in [5, 5.41) is 9.00. The zero-order valence-corrected chi connectivity index (χ0v) is 8.95. The Morgan fingerprint density at radius 3 is 2.86 bits per heavy atom. The molecule has 4 heteroatoms. The molecule has 1 aliphatic rings. The van der Waals surface area contributed by atoms with Gasteiger partial charge in [0.1, 0.15) is 0 Å². The number of hydrogen-bond donors (Lipinski definition) is 1. The van der Waals surface area contributed by atoms with Gasteiger partial charge in [-0.15, -0.1) is 0 Å². The first kappa shape index (κ1) is 11.5. The molecule has 1 unspecified atom stereocenters. The summed E-state index contributed by atoms with van der Waals surface area (Å²) in [7, 11) is 0. The van der Waals surface area contributed by atoms with Gasteiger partial charge in [-0.05, 0) is 26.8 Å². The molecule has 14 heavy (non-hydrogen) atoms. The highest BCUT2D eigenvalue weighted by Gasteiger charge is 2.39. The van der Waals surface area contributed by atoms with Gasteiger partial charge in [0, 0.05) is 19.7 Å². The van der Waals surface area contributed by atoms with Gasteiger partial charge >= 0.3 is 5.97 Å². The number of likely N-dealkylation sites (tertiary alicyclic amines) is 1. The topological polar surface area (TPSA) is 49.8 Å². The SMILES string of the molecule is CCOCCN1CCC(C)(C(=O)O)C1. The largest absolute Gasteiger partial charge is 0.481 e. The first-order chi connectivity index (χ1) is 6.58. The smallest absolute Gasteiger partial charge is 0.310 e. The fourth-order valence-electron chi connectivity index (χ4n) is 1.76. The van der Waals surface area contributed by atoms with Crippen molar-refractivity contribution >= 4 is 5.97 Å². The van der Waals surface area contributed by atoms with Crippen molar-refractivity contribution in [3.8, 4) is 0 Å². The number of carboxylic acid groups (broad SMARTS) is 1. The third kappa shape index (κ3) is 2.69. The van der Waals surface area contributed by atoms with Crippen LogP contribution in [0.3, 0.4) is 0 Å². The lowest BCUT2D eigenvalue weighted by Gasteiger charge is -2.19. The zero-order chi connectivity index (χ0) is 10.6. The maximum absolute atomic E-state index is 10.9. The minimum Gasteiger partial charge on any atom is -0.481 e. The molecule has 82 valence electrons. The van der Waals surface area contributed by atoms with E-state index >= 15 is 0 Å². The van der Waals surface area contributed by atoms with Crippen LogP contribution < -0.4 is 0 Å². The van der Waals surface area contributed by atoms with Crippen molar-refractivity contribution in [1.29, 1.82) is 0 Å². The van der Waals surface area contributed by atoms with Crippen LogP contribution in [-0.2, 0) is 9.53 Å². The third-order valence-corrected chi connectivity index (χ3v) is 2.82. The first-order valence-electron chi connectivity index (χ1n) is 5.12. The minimum absolute atomic E-state index is 0.549. The number of aliphatic carboxylic acids is 1. The van der Waals surface area contributed by atoms with E-state index in [-0.39, 0.29) is 0 Å². The van der Waals surface area contributed by atoms with Gasteiger partial charge in [-0.25, -0.2) is 0 Å². The molecule has 0 aromatic heterocycles. The lowest BCUT2D eigenvalue weighted by Crippen LogP contribution is -2.33. The van der Waals surface area contributed by atoms with E-state index in [1.165, 1.54) is 0 Å². The molecule has 0 aromatic carbocycles. The Morgan fingerprint density at radius 1 is 1.64 bits per heavy atom. The van der Waals surface area contributed by atoms with E-state index in [0.29, 0.717) is 13.2 Å². The second kappa shape index (κ2) is 4.75. The summed E-state index contributed by atoms with van der Waals surface area (Å²) >= 11 is 0. The second-order valence-electron chi connectivity index (χ2n) is 4.09. The van der Waals surface area contributed by atoms with E-state index in [0.717, 1.165) is 26.1 Å². The molecule has 1 atom stereocenters. The van der Waals surface area contributed by atoms with Crippen LogP contribution in [0.5, 0.6) is 0 Å². The van der Waals surface area contributed by atoms with Crippen molar-refractivity contribution in [2.24, 2.45) is 5.41 Å². The van der Waals surface area contributed by atoms with E-state index in [4.69, 9.17) is 9.84 Å². The van der Waals surface area contributed by atoms with Crippen molar-refractivity contribution in [1.82, 2.24) is 4.90 Å². The van der Waals surface area contributed by atoms with Crippen LogP contribution in [0, 0.1) is 5.41 Å². The molecule has 0 bridgehead atoms. The van der Waals surface area contributed by atoms with Crippen LogP contribution in [0.25, 0.3) is 0 Å². The molecule has 1 N–H and O–H groups in total. The molecule has 1 rings (SSSR count). The Morgan fingerprint density at radius 2 is 2.36 bits per heavy atom. The molecule has 0 radical (unpaired) electrons. The molecule has 1 heterocycles. The second-order valence-corrected chi connectivity index (χ2v) is 4.09. The molecule has 0 aromatic rings. The molecule has 1 fully saturated rings. The fourth-order valence-corrected chi connectivity index (χ4v) is 1.76. The van der Waals surface area contributed by atoms with Gasteiger partial charge in [0.2, 0.25) is 0 Å². The molecular formula is C10H19NO3. The van der Waals surface area contributed by atoms with Crippen molar-refractivity contribution in [3.05, 3.63) is 0 Å². The van der Waals surface area contributed by atoms with E-state index in [1.807, 2.05) is 13.8 Å². The van der Waals surface area contributed by atoms with Gasteiger partial charge in [0.05, 0.1) is 12.0 Å². The fraction of sp³-hybridized carbons (Fsp3) is 0.900. The number of rotatable bonds is 5. The Hall–Kier alpha value is -0.610. The summed E-state index contributed by atoms with van der Waals surface area (Å²) in [6.45, 7) is 7.57. The minimum atomic E-state index is -0.684. The average Bonchev–Trinajstić information content (AvgIpc) is 2.50. The number of hydrogen-bond acceptors (Lipinski definition) is 3. The summed E-state index contributed by atoms with van der Waals surface area (Å²) < 4.78 is 5.23. The molecule has 0 aliphatic carbocycles. The van der Waals surface area contributed by atoms with Crippen molar-refractivity contribution in [2.75, 3.05) is 32.8 Å². The normalized spacial score (nSPS) is 28.1. The summed E-state index contributed by atoms with van der Waals surface area (Å²) in [6.07, 6.45) is 0.745. The van der Waals surface area contributed by atoms with Crippen molar-refractivity contribution in [2.45, 2.75) is 20.3 Å². The molecule has 0 amide bonds. The lowest BCUT2D eigenvalue weighted by molar-refractivity contribution is -0.147. The van der Waals surface area contributed by atoms with Gasteiger partial charge in [-0.3, -0.25) is 9.69 Å². The molecule has 0 spiro atoms. The highest BCUT2D eigenvalue weighted by molar-refractivity contribution is 5.74. The van der Waals surface area contributed by atoms with Gasteiger partial charge in [-0.2, -0.15) is 0 Å². The maximum Gasteiger partial charge on any atom is 0.310 e. The van der Waals surface area contributed by atoms with Gasteiger partial charge in [-0.1, -0.05) is 0 Å². The number of carboxylic acids is 1. The highest BCUT2D eigenvalue weighted by atomic mass is 16.5. The maximum atomic E-state index is 10.9. The zero-order valence-electron chi connectivity index (χ0n) is 8.95. The Kier molecular flexibility index (Phi) is 3.89. The van der Waals surface area contributed by atoms with E-state index in [2.05, 4.69) is 4.90 Å². The summed E-state index contributed by atoms with van der Waals surface area (Å²) in [5.74, 6) is -0.684. The van der Waals surface area contributed by atoms with E-state index in [1.54, 1.807) is 0 Å². The van der Waals surface area contributed by atoms with Crippen LogP contribution >= 0.6 is 0 Å². The van der Waals surface area contributed by atoms with Crippen LogP contribution in [0.15, 0.2) is 0 Å². The quantitative estimate of drug-likeness (QED) is 0.669. The molecule has 4 nitrogen and oxygen atoms in total. The van der Waals surface area contributed by atoms with Crippen molar-refractivity contribution in [3.63, 3.8) is 0 Å². The molecular weight excluding hydrogens is 182 g/mol. The Bertz CT molecular complexity index is 208. The van der Waals surface area contributed by atoms with Crippen LogP contribution in [-0.4, -0.2) is 48.8 Å². The Labute approximate surface area is 84.8 Å². The molecule has 0 saturated carbocycles. The first-order valence-corrected chi connectivity index (χ1v) is 5.12. The number of nitrogens with zero attached hydrogens (tertiary/aromatic N) is 1. The van der Waals surface area contributed by atoms with Crippen LogP contribution in [0.4, 0.5) is 0 Å². The van der Waals surface area contributed by atoms with Gasteiger partial charge in [0.25, 0.3) is 0 Å². The van der Waals surface area contributed by atoms with Crippen molar-refractivity contribution < 1.29 is 14.6 Å². The number of ether oxygens (including phenoxy) is 1. The molecule has 1 saturated heterocycles. The van der Waals surface area contributed by atoms with E-state index in [9.17, 15) is 4.79 Å². The summed E-state index contributed by atoms with van der Waals surface area (Å²) in [4.78, 5) is 13.1. The highest BCUT2D eigenvalue weighted by Crippen LogP contribution is 2.29. The standard InChI is InChI=1S/C10H19NO3/c1-3-14-7-6-11-5-4-10(2,8-11)9(12)13/h3-8H2,1-2H3,(H,12,13). The lowest BCUT2D eigenvalue weighted by atomic mass is 9.90. The number of carbonyl (C=O) groups is 1. The third-order valence-electron chi connectivity index (χ3n) is 2.82. The average molecular weight is 201 g/mol. The van der Waals surface area contributed by atoms with E-state index < -0.39 is 11.4 Å². The predicted molar refractivity (Wildman–Crippen MR) is 53.3 cm³/mol. The van der Waals surface area contributed by atoms with Gasteiger partial charge < -0.3 is 9.84 Å². The monoisotopic (exact) mass is 201 g/mol. The summed E-state index contributed by atoms with van der Waals surface area (Å²) in [5.41, 5.74) is -0.549. The summed E-state index contributed by atoms with van der Waals surface area (Å²) in [6, 6.07) is 0. The van der Waals surface area contributed by atoms with Crippen LogP contribution in [0.2, 0.25) is 0 Å². The van der Waals surface area contributed by atoms with Gasteiger partial charge in [0.15, 0.2) is 0 Å². The van der Waals surface area contributed by atoms with Crippen LogP contribution in [0.1, 0.15) is 20.3 Å². The Balaban J connectivity index is 2.30. The predicted octanol–water partition coefficient (Wildman–Crippen LogP) is 0.820.